The summed E-state index contributed by atoms with van der Waals surface area (Å²) in [5.74, 6) is 2.65. The molecule has 0 spiro atoms. The molecular formula is C19H23F2NO3. The number of amides is 1. The number of rotatable bonds is 5. The molecule has 4 aliphatic carbocycles. The highest BCUT2D eigenvalue weighted by Gasteiger charge is 2.48. The number of benzene rings is 1. The summed E-state index contributed by atoms with van der Waals surface area (Å²) < 4.78 is 34.6. The number of carbonyl (C=O) groups is 1. The quantitative estimate of drug-likeness (QED) is 0.876. The van der Waals surface area contributed by atoms with Crippen LogP contribution < -0.4 is 14.8 Å². The number of carbonyl (C=O) groups excluding carboxylic acids is 1. The van der Waals surface area contributed by atoms with E-state index in [1.165, 1.54) is 51.3 Å². The maximum absolute atomic E-state index is 12.7. The monoisotopic (exact) mass is 351 g/mol. The Kier molecular flexibility index (Phi) is 4.29. The van der Waals surface area contributed by atoms with Crippen LogP contribution in [0.25, 0.3) is 0 Å². The predicted molar refractivity (Wildman–Crippen MR) is 87.9 cm³/mol. The van der Waals surface area contributed by atoms with Crippen molar-refractivity contribution >= 4 is 5.91 Å². The molecule has 25 heavy (non-hydrogen) atoms. The maximum atomic E-state index is 12.7. The van der Waals surface area contributed by atoms with E-state index in [1.807, 2.05) is 0 Å². The molecular weight excluding hydrogens is 328 g/mol. The molecule has 4 nitrogen and oxygen atoms in total. The minimum Gasteiger partial charge on any atom is -0.493 e. The Labute approximate surface area is 145 Å². The number of alkyl halides is 2. The molecule has 1 aromatic rings. The summed E-state index contributed by atoms with van der Waals surface area (Å²) in [6, 6.07) is 4.62. The van der Waals surface area contributed by atoms with Gasteiger partial charge in [0, 0.05) is 11.6 Å². The van der Waals surface area contributed by atoms with E-state index in [0.717, 1.165) is 11.8 Å². The molecule has 6 heteroatoms. The third-order valence-corrected chi connectivity index (χ3v) is 6.17. The first-order valence-corrected chi connectivity index (χ1v) is 8.97. The molecule has 4 aliphatic rings. The van der Waals surface area contributed by atoms with Gasteiger partial charge in [0.2, 0.25) is 0 Å². The molecule has 0 unspecified atom stereocenters. The van der Waals surface area contributed by atoms with Crippen LogP contribution in [-0.2, 0) is 0 Å². The highest BCUT2D eigenvalue weighted by molar-refractivity contribution is 5.95. The molecule has 5 rings (SSSR count). The highest BCUT2D eigenvalue weighted by atomic mass is 19.3. The summed E-state index contributed by atoms with van der Waals surface area (Å²) in [6.45, 7) is -2.96. The normalized spacial score (nSPS) is 32.7. The molecule has 0 aliphatic heterocycles. The van der Waals surface area contributed by atoms with Gasteiger partial charge in [0.15, 0.2) is 11.5 Å². The summed E-state index contributed by atoms with van der Waals surface area (Å²) in [4.78, 5) is 12.7. The van der Waals surface area contributed by atoms with Crippen LogP contribution in [0.4, 0.5) is 8.78 Å². The number of nitrogens with one attached hydrogen (secondary N) is 1. The highest BCUT2D eigenvalue weighted by Crippen LogP contribution is 2.53. The van der Waals surface area contributed by atoms with Crippen LogP contribution in [0.1, 0.15) is 42.5 Å². The van der Waals surface area contributed by atoms with Gasteiger partial charge in [0.1, 0.15) is 0 Å². The average molecular weight is 351 g/mol. The molecule has 4 saturated carbocycles. The summed E-state index contributed by atoms with van der Waals surface area (Å²) in [5, 5.41) is 3.17. The third-order valence-electron chi connectivity index (χ3n) is 6.17. The first-order chi connectivity index (χ1) is 12.0. The van der Waals surface area contributed by atoms with E-state index in [4.69, 9.17) is 4.74 Å². The van der Waals surface area contributed by atoms with Gasteiger partial charge in [-0.15, -0.1) is 0 Å². The van der Waals surface area contributed by atoms with Crippen molar-refractivity contribution in [1.82, 2.24) is 5.32 Å². The van der Waals surface area contributed by atoms with Crippen LogP contribution in [0.15, 0.2) is 18.2 Å². The van der Waals surface area contributed by atoms with Gasteiger partial charge in [0.05, 0.1) is 7.11 Å². The fraction of sp³-hybridized carbons (Fsp3) is 0.632. The van der Waals surface area contributed by atoms with Crippen LogP contribution in [0.2, 0.25) is 0 Å². The van der Waals surface area contributed by atoms with Crippen molar-refractivity contribution in [3.05, 3.63) is 23.8 Å². The Hall–Kier alpha value is -1.85. The molecule has 1 amide bonds. The Morgan fingerprint density at radius 1 is 1.08 bits per heavy atom. The molecule has 0 heterocycles. The minimum atomic E-state index is -2.96. The van der Waals surface area contributed by atoms with Crippen molar-refractivity contribution < 1.29 is 23.0 Å². The van der Waals surface area contributed by atoms with Crippen molar-refractivity contribution in [1.29, 1.82) is 0 Å². The predicted octanol–water partition coefficient (Wildman–Crippen LogP) is 3.85. The van der Waals surface area contributed by atoms with Crippen LogP contribution in [-0.4, -0.2) is 25.7 Å². The minimum absolute atomic E-state index is 0.116. The van der Waals surface area contributed by atoms with Gasteiger partial charge in [-0.05, 0) is 74.0 Å². The maximum Gasteiger partial charge on any atom is 0.387 e. The second-order valence-electron chi connectivity index (χ2n) is 7.67. The summed E-state index contributed by atoms with van der Waals surface area (Å²) >= 11 is 0. The number of ether oxygens (including phenoxy) is 2. The molecule has 1 N–H and O–H groups in total. The molecule has 0 saturated heterocycles. The third kappa shape index (κ3) is 3.18. The molecule has 4 bridgehead atoms. The van der Waals surface area contributed by atoms with E-state index < -0.39 is 6.61 Å². The molecule has 136 valence electrons. The summed E-state index contributed by atoms with van der Waals surface area (Å²) in [5.41, 5.74) is 0.324. The van der Waals surface area contributed by atoms with E-state index in [2.05, 4.69) is 10.1 Å². The molecule has 1 aromatic carbocycles. The standard InChI is InChI=1S/C19H23F2NO3/c1-24-15-3-2-12(9-16(15)25-19(20)21)18(23)22-17-13-5-10-4-11(7-13)8-14(17)6-10/h2-3,9-11,13-14,17,19H,4-8H2,1H3,(H,22,23). The first-order valence-electron chi connectivity index (χ1n) is 8.97. The van der Waals surface area contributed by atoms with Crippen LogP contribution in [0.3, 0.4) is 0 Å². The summed E-state index contributed by atoms with van der Waals surface area (Å²) in [7, 11) is 1.38. The van der Waals surface area contributed by atoms with Crippen molar-refractivity contribution in [2.45, 2.75) is 44.8 Å². The lowest BCUT2D eigenvalue weighted by Gasteiger charge is -2.54. The fourth-order valence-electron chi connectivity index (χ4n) is 5.40. The van der Waals surface area contributed by atoms with Crippen LogP contribution >= 0.6 is 0 Å². The number of methoxy groups -OCH3 is 1. The topological polar surface area (TPSA) is 47.6 Å². The zero-order valence-electron chi connectivity index (χ0n) is 14.2. The van der Waals surface area contributed by atoms with E-state index >= 15 is 0 Å². The number of hydrogen-bond donors (Lipinski definition) is 1. The fourth-order valence-corrected chi connectivity index (χ4v) is 5.40. The summed E-state index contributed by atoms with van der Waals surface area (Å²) in [6.07, 6.45) is 6.20. The van der Waals surface area contributed by atoms with E-state index in [0.29, 0.717) is 17.4 Å². The first kappa shape index (κ1) is 16.6. The van der Waals surface area contributed by atoms with Crippen molar-refractivity contribution in [3.63, 3.8) is 0 Å². The van der Waals surface area contributed by atoms with Crippen molar-refractivity contribution in [2.75, 3.05) is 7.11 Å². The SMILES string of the molecule is COc1ccc(C(=O)NC2C3CC4CC(C3)CC2C4)cc1OC(F)F. The average Bonchev–Trinajstić information content (AvgIpc) is 2.56. The van der Waals surface area contributed by atoms with Crippen LogP contribution in [0.5, 0.6) is 11.5 Å². The molecule has 0 atom stereocenters. The number of hydrogen-bond acceptors (Lipinski definition) is 3. The zero-order valence-corrected chi connectivity index (χ0v) is 14.2. The van der Waals surface area contributed by atoms with Gasteiger partial charge < -0.3 is 14.8 Å². The van der Waals surface area contributed by atoms with Gasteiger partial charge >= 0.3 is 6.61 Å². The van der Waals surface area contributed by atoms with E-state index in [-0.39, 0.29) is 23.4 Å². The van der Waals surface area contributed by atoms with E-state index in [1.54, 1.807) is 6.07 Å². The second-order valence-corrected chi connectivity index (χ2v) is 7.67. The van der Waals surface area contributed by atoms with Crippen molar-refractivity contribution in [2.24, 2.45) is 23.7 Å². The molecule has 0 aromatic heterocycles. The lowest BCUT2D eigenvalue weighted by molar-refractivity contribution is -0.0512. The second kappa shape index (κ2) is 6.46. The van der Waals surface area contributed by atoms with Crippen LogP contribution in [0, 0.1) is 23.7 Å². The largest absolute Gasteiger partial charge is 0.493 e. The Balaban J connectivity index is 1.49. The number of halogens is 2. The smallest absolute Gasteiger partial charge is 0.387 e. The Morgan fingerprint density at radius 2 is 1.72 bits per heavy atom. The Morgan fingerprint density at radius 3 is 2.28 bits per heavy atom. The molecule has 0 radical (unpaired) electrons. The van der Waals surface area contributed by atoms with Gasteiger partial charge in [-0.1, -0.05) is 0 Å². The Bertz CT molecular complexity index is 636. The van der Waals surface area contributed by atoms with Gasteiger partial charge in [0.25, 0.3) is 5.91 Å². The van der Waals surface area contributed by atoms with Gasteiger partial charge in [-0.25, -0.2) is 0 Å². The zero-order chi connectivity index (χ0) is 17.6. The molecule has 4 fully saturated rings. The van der Waals surface area contributed by atoms with Gasteiger partial charge in [-0.3, -0.25) is 4.79 Å². The van der Waals surface area contributed by atoms with Gasteiger partial charge in [-0.2, -0.15) is 8.78 Å². The van der Waals surface area contributed by atoms with E-state index in [9.17, 15) is 13.6 Å². The van der Waals surface area contributed by atoms with Crippen molar-refractivity contribution in [3.8, 4) is 11.5 Å². The lowest BCUT2D eigenvalue weighted by Crippen LogP contribution is -2.55. The lowest BCUT2D eigenvalue weighted by atomic mass is 9.54.